The summed E-state index contributed by atoms with van der Waals surface area (Å²) in [6, 6.07) is 6.61. The molecule has 0 aliphatic carbocycles. The molecule has 0 saturated carbocycles. The fourth-order valence-corrected chi connectivity index (χ4v) is 1.38. The van der Waals surface area contributed by atoms with Crippen molar-refractivity contribution in [2.75, 3.05) is 0 Å². The van der Waals surface area contributed by atoms with Gasteiger partial charge in [0, 0.05) is 0 Å². The molecule has 0 unspecified atom stereocenters. The van der Waals surface area contributed by atoms with E-state index in [4.69, 9.17) is 0 Å². The van der Waals surface area contributed by atoms with Crippen LogP contribution >= 0.6 is 0 Å². The Kier molecular flexibility index (Phi) is 3.09. The predicted octanol–water partition coefficient (Wildman–Crippen LogP) is 3.59. The van der Waals surface area contributed by atoms with Crippen LogP contribution in [-0.2, 0) is 6.42 Å². The zero-order valence-corrected chi connectivity index (χ0v) is 8.09. The fraction of sp³-hybridized carbons (Fsp3) is 0.333. The molecule has 0 saturated heterocycles. The molecule has 64 valence electrons. The lowest BCUT2D eigenvalue weighted by Gasteiger charge is -2.03. The van der Waals surface area contributed by atoms with Crippen molar-refractivity contribution in [1.29, 1.82) is 0 Å². The highest BCUT2D eigenvalue weighted by atomic mass is 14.0. The Morgan fingerprint density at radius 1 is 1.33 bits per heavy atom. The average molecular weight is 160 g/mol. The molecule has 0 N–H and O–H groups in total. The van der Waals surface area contributed by atoms with Crippen LogP contribution in [0.25, 0.3) is 6.08 Å². The summed E-state index contributed by atoms with van der Waals surface area (Å²) in [6.45, 7) is 6.39. The van der Waals surface area contributed by atoms with Crippen molar-refractivity contribution in [3.8, 4) is 0 Å². The number of hydrogen-bond acceptors (Lipinski definition) is 0. The van der Waals surface area contributed by atoms with Gasteiger partial charge in [0.1, 0.15) is 0 Å². The molecule has 1 aromatic rings. The summed E-state index contributed by atoms with van der Waals surface area (Å²) >= 11 is 0. The maximum absolute atomic E-state index is 2.26. The molecule has 0 heteroatoms. The summed E-state index contributed by atoms with van der Waals surface area (Å²) in [4.78, 5) is 0. The summed E-state index contributed by atoms with van der Waals surface area (Å²) in [5.74, 6) is 0. The lowest BCUT2D eigenvalue weighted by Crippen LogP contribution is -1.86. The third-order valence-electron chi connectivity index (χ3n) is 2.03. The highest BCUT2D eigenvalue weighted by Gasteiger charge is 1.95. The second kappa shape index (κ2) is 4.10. The van der Waals surface area contributed by atoms with Gasteiger partial charge in [-0.25, -0.2) is 0 Å². The van der Waals surface area contributed by atoms with Crippen LogP contribution < -0.4 is 0 Å². The maximum atomic E-state index is 2.26. The second-order valence-corrected chi connectivity index (χ2v) is 3.06. The molecule has 0 spiro atoms. The van der Waals surface area contributed by atoms with Gasteiger partial charge in [0.05, 0.1) is 0 Å². The van der Waals surface area contributed by atoms with Gasteiger partial charge in [-0.2, -0.15) is 0 Å². The predicted molar refractivity (Wildman–Crippen MR) is 55.3 cm³/mol. The van der Waals surface area contributed by atoms with Gasteiger partial charge in [0.15, 0.2) is 0 Å². The van der Waals surface area contributed by atoms with Crippen molar-refractivity contribution in [3.05, 3.63) is 41.0 Å². The Labute approximate surface area is 74.9 Å². The summed E-state index contributed by atoms with van der Waals surface area (Å²) in [6.07, 6.45) is 5.36. The fourth-order valence-electron chi connectivity index (χ4n) is 1.38. The average Bonchev–Trinajstić information content (AvgIpc) is 2.08. The van der Waals surface area contributed by atoms with E-state index in [9.17, 15) is 0 Å². The Hall–Kier alpha value is -1.04. The first-order valence-corrected chi connectivity index (χ1v) is 4.50. The Balaban J connectivity index is 3.10. The molecule has 0 nitrogen and oxygen atoms in total. The van der Waals surface area contributed by atoms with Crippen LogP contribution in [0.1, 0.15) is 30.5 Å². The minimum absolute atomic E-state index is 1.11. The van der Waals surface area contributed by atoms with Gasteiger partial charge in [-0.1, -0.05) is 42.8 Å². The normalized spacial score (nSPS) is 10.9. The second-order valence-electron chi connectivity index (χ2n) is 3.06. The van der Waals surface area contributed by atoms with Crippen LogP contribution in [0.15, 0.2) is 24.3 Å². The first-order chi connectivity index (χ1) is 5.77. The summed E-state index contributed by atoms with van der Waals surface area (Å²) in [5, 5.41) is 0. The standard InChI is InChI=1S/C12H16/c1-4-6-12-8-7-10(3)9-11(12)5-2/h4,6-9H,5H2,1-3H3/b6-4+. The molecule has 1 rings (SSSR count). The summed E-state index contributed by atoms with van der Waals surface area (Å²) in [5.41, 5.74) is 4.14. The molecule has 0 heterocycles. The van der Waals surface area contributed by atoms with Gasteiger partial charge in [0.25, 0.3) is 0 Å². The van der Waals surface area contributed by atoms with Crippen molar-refractivity contribution in [1.82, 2.24) is 0 Å². The largest absolute Gasteiger partial charge is 0.0871 e. The van der Waals surface area contributed by atoms with E-state index in [0.717, 1.165) is 6.42 Å². The first kappa shape index (κ1) is 9.05. The van der Waals surface area contributed by atoms with Crippen molar-refractivity contribution in [2.24, 2.45) is 0 Å². The van der Waals surface area contributed by atoms with Gasteiger partial charge < -0.3 is 0 Å². The third-order valence-corrected chi connectivity index (χ3v) is 2.03. The molecule has 0 atom stereocenters. The van der Waals surface area contributed by atoms with Crippen molar-refractivity contribution < 1.29 is 0 Å². The Bertz CT molecular complexity index is 282. The van der Waals surface area contributed by atoms with Gasteiger partial charge in [-0.15, -0.1) is 0 Å². The van der Waals surface area contributed by atoms with E-state index in [1.165, 1.54) is 16.7 Å². The quantitative estimate of drug-likeness (QED) is 0.620. The van der Waals surface area contributed by atoms with E-state index in [1.807, 2.05) is 0 Å². The topological polar surface area (TPSA) is 0 Å². The van der Waals surface area contributed by atoms with E-state index in [-0.39, 0.29) is 0 Å². The van der Waals surface area contributed by atoms with Crippen LogP contribution in [0.4, 0.5) is 0 Å². The number of rotatable bonds is 2. The van der Waals surface area contributed by atoms with E-state index in [1.54, 1.807) is 0 Å². The lowest BCUT2D eigenvalue weighted by molar-refractivity contribution is 1.12. The Morgan fingerprint density at radius 2 is 2.08 bits per heavy atom. The van der Waals surface area contributed by atoms with Crippen LogP contribution in [0, 0.1) is 6.92 Å². The highest BCUT2D eigenvalue weighted by Crippen LogP contribution is 2.13. The van der Waals surface area contributed by atoms with Crippen molar-refractivity contribution in [3.63, 3.8) is 0 Å². The number of hydrogen-bond donors (Lipinski definition) is 0. The van der Waals surface area contributed by atoms with Crippen LogP contribution in [0.3, 0.4) is 0 Å². The minimum atomic E-state index is 1.11. The zero-order valence-electron chi connectivity index (χ0n) is 8.09. The van der Waals surface area contributed by atoms with Crippen LogP contribution in [0.2, 0.25) is 0 Å². The number of allylic oxidation sites excluding steroid dienone is 1. The highest BCUT2D eigenvalue weighted by molar-refractivity contribution is 5.54. The van der Waals surface area contributed by atoms with E-state index in [2.05, 4.69) is 51.1 Å². The molecule has 0 radical (unpaired) electrons. The van der Waals surface area contributed by atoms with Gasteiger partial charge in [-0.05, 0) is 31.4 Å². The van der Waals surface area contributed by atoms with E-state index in [0.29, 0.717) is 0 Å². The van der Waals surface area contributed by atoms with Gasteiger partial charge >= 0.3 is 0 Å². The van der Waals surface area contributed by atoms with Crippen molar-refractivity contribution in [2.45, 2.75) is 27.2 Å². The Morgan fingerprint density at radius 3 is 2.67 bits per heavy atom. The molecule has 0 fully saturated rings. The van der Waals surface area contributed by atoms with E-state index < -0.39 is 0 Å². The molecule has 0 amide bonds. The molecule has 12 heavy (non-hydrogen) atoms. The molecule has 0 aliphatic rings. The molecule has 1 aromatic carbocycles. The molecular weight excluding hydrogens is 144 g/mol. The molecular formula is C12H16. The van der Waals surface area contributed by atoms with E-state index >= 15 is 0 Å². The third kappa shape index (κ3) is 1.97. The van der Waals surface area contributed by atoms with Crippen LogP contribution in [0.5, 0.6) is 0 Å². The number of aryl methyl sites for hydroxylation is 2. The SMILES string of the molecule is C/C=C/c1ccc(C)cc1CC. The maximum Gasteiger partial charge on any atom is -0.0228 e. The van der Waals surface area contributed by atoms with Crippen molar-refractivity contribution >= 4 is 6.08 Å². The molecule has 0 bridgehead atoms. The smallest absolute Gasteiger partial charge is 0.0228 e. The monoisotopic (exact) mass is 160 g/mol. The number of benzene rings is 1. The first-order valence-electron chi connectivity index (χ1n) is 4.50. The summed E-state index contributed by atoms with van der Waals surface area (Å²) in [7, 11) is 0. The lowest BCUT2D eigenvalue weighted by atomic mass is 10.0. The zero-order chi connectivity index (χ0) is 8.97. The molecule has 0 aromatic heterocycles. The summed E-state index contributed by atoms with van der Waals surface area (Å²) < 4.78 is 0. The van der Waals surface area contributed by atoms with Crippen LogP contribution in [-0.4, -0.2) is 0 Å². The molecule has 0 aliphatic heterocycles. The van der Waals surface area contributed by atoms with Gasteiger partial charge in [-0.3, -0.25) is 0 Å². The minimum Gasteiger partial charge on any atom is -0.0871 e. The van der Waals surface area contributed by atoms with Gasteiger partial charge in [0.2, 0.25) is 0 Å².